The lowest BCUT2D eigenvalue weighted by molar-refractivity contribution is 0.303. The van der Waals surface area contributed by atoms with Crippen molar-refractivity contribution in [1.82, 2.24) is 4.90 Å². The topological polar surface area (TPSA) is 27.0 Å². The van der Waals surface area contributed by atoms with Crippen molar-refractivity contribution in [2.45, 2.75) is 13.5 Å². The van der Waals surface area contributed by atoms with Crippen molar-refractivity contribution in [2.24, 2.45) is 5.92 Å². The third kappa shape index (κ3) is 4.33. The molecule has 0 radical (unpaired) electrons. The van der Waals surface area contributed by atoms with Crippen molar-refractivity contribution in [3.8, 4) is 6.07 Å². The van der Waals surface area contributed by atoms with E-state index in [4.69, 9.17) is 16.9 Å². The molecule has 1 aromatic rings. The molecule has 3 heteroatoms. The lowest BCUT2D eigenvalue weighted by Gasteiger charge is -2.17. The highest BCUT2D eigenvalue weighted by molar-refractivity contribution is 6.30. The highest BCUT2D eigenvalue weighted by atomic mass is 35.5. The summed E-state index contributed by atoms with van der Waals surface area (Å²) in [6, 6.07) is 10.0. The second-order valence-electron chi connectivity index (χ2n) is 3.85. The van der Waals surface area contributed by atoms with Crippen LogP contribution in [0.5, 0.6) is 0 Å². The predicted molar refractivity (Wildman–Crippen MR) is 62.6 cm³/mol. The largest absolute Gasteiger partial charge is 0.301 e. The standard InChI is InChI=1S/C12H15ClN2/c1-10(7-14)8-15(2)9-11-3-5-12(13)6-4-11/h3-6,10H,8-9H2,1-2H3. The number of hydrogen-bond donors (Lipinski definition) is 0. The van der Waals surface area contributed by atoms with Gasteiger partial charge in [-0.15, -0.1) is 0 Å². The van der Waals surface area contributed by atoms with Gasteiger partial charge in [-0.2, -0.15) is 5.26 Å². The molecule has 0 bridgehead atoms. The van der Waals surface area contributed by atoms with E-state index in [1.807, 2.05) is 38.2 Å². The van der Waals surface area contributed by atoms with Crippen LogP contribution < -0.4 is 0 Å². The van der Waals surface area contributed by atoms with Gasteiger partial charge in [0, 0.05) is 18.1 Å². The van der Waals surface area contributed by atoms with Crippen LogP contribution in [0.4, 0.5) is 0 Å². The third-order valence-electron chi connectivity index (χ3n) is 2.17. The Balaban J connectivity index is 2.48. The van der Waals surface area contributed by atoms with E-state index in [-0.39, 0.29) is 5.92 Å². The van der Waals surface area contributed by atoms with Gasteiger partial charge in [-0.05, 0) is 31.7 Å². The van der Waals surface area contributed by atoms with Crippen LogP contribution in [0.3, 0.4) is 0 Å². The lowest BCUT2D eigenvalue weighted by atomic mass is 10.1. The maximum Gasteiger partial charge on any atom is 0.0666 e. The predicted octanol–water partition coefficient (Wildman–Crippen LogP) is 2.93. The molecular weight excluding hydrogens is 208 g/mol. The van der Waals surface area contributed by atoms with Gasteiger partial charge in [0.05, 0.1) is 12.0 Å². The first kappa shape index (κ1) is 12.0. The first-order valence-corrected chi connectivity index (χ1v) is 5.32. The van der Waals surface area contributed by atoms with Gasteiger partial charge in [0.15, 0.2) is 0 Å². The Morgan fingerprint density at radius 1 is 1.40 bits per heavy atom. The van der Waals surface area contributed by atoms with E-state index in [2.05, 4.69) is 11.0 Å². The van der Waals surface area contributed by atoms with E-state index in [0.717, 1.165) is 18.1 Å². The molecule has 1 aromatic carbocycles. The molecule has 0 spiro atoms. The summed E-state index contributed by atoms with van der Waals surface area (Å²) in [4.78, 5) is 2.14. The van der Waals surface area contributed by atoms with Crippen LogP contribution in [0.1, 0.15) is 12.5 Å². The number of halogens is 1. The van der Waals surface area contributed by atoms with Gasteiger partial charge in [0.1, 0.15) is 0 Å². The van der Waals surface area contributed by atoms with E-state index in [0.29, 0.717) is 0 Å². The molecule has 80 valence electrons. The van der Waals surface area contributed by atoms with Gasteiger partial charge in [-0.25, -0.2) is 0 Å². The summed E-state index contributed by atoms with van der Waals surface area (Å²) in [6.07, 6.45) is 0. The zero-order valence-corrected chi connectivity index (χ0v) is 9.83. The molecule has 0 aliphatic carbocycles. The van der Waals surface area contributed by atoms with Crippen molar-refractivity contribution in [2.75, 3.05) is 13.6 Å². The van der Waals surface area contributed by atoms with Crippen LogP contribution in [-0.4, -0.2) is 18.5 Å². The van der Waals surface area contributed by atoms with Gasteiger partial charge in [-0.1, -0.05) is 23.7 Å². The van der Waals surface area contributed by atoms with Crippen molar-refractivity contribution < 1.29 is 0 Å². The minimum Gasteiger partial charge on any atom is -0.301 e. The molecule has 0 amide bonds. The summed E-state index contributed by atoms with van der Waals surface area (Å²) in [6.45, 7) is 3.57. The summed E-state index contributed by atoms with van der Waals surface area (Å²) in [5.74, 6) is 0.0716. The van der Waals surface area contributed by atoms with Gasteiger partial charge < -0.3 is 4.90 Å². The highest BCUT2D eigenvalue weighted by Gasteiger charge is 2.05. The van der Waals surface area contributed by atoms with Crippen LogP contribution in [0.25, 0.3) is 0 Å². The molecule has 0 saturated carbocycles. The van der Waals surface area contributed by atoms with Gasteiger partial charge in [0.2, 0.25) is 0 Å². The van der Waals surface area contributed by atoms with E-state index >= 15 is 0 Å². The molecule has 0 aromatic heterocycles. The Labute approximate surface area is 96.1 Å². The lowest BCUT2D eigenvalue weighted by Crippen LogP contribution is -2.23. The number of benzene rings is 1. The quantitative estimate of drug-likeness (QED) is 0.783. The zero-order chi connectivity index (χ0) is 11.3. The molecule has 0 heterocycles. The Kier molecular flexibility index (Phi) is 4.61. The van der Waals surface area contributed by atoms with Crippen molar-refractivity contribution in [1.29, 1.82) is 5.26 Å². The number of hydrogen-bond acceptors (Lipinski definition) is 2. The zero-order valence-electron chi connectivity index (χ0n) is 9.07. The fraction of sp³-hybridized carbons (Fsp3) is 0.417. The smallest absolute Gasteiger partial charge is 0.0666 e. The Hall–Kier alpha value is -1.04. The minimum atomic E-state index is 0.0716. The van der Waals surface area contributed by atoms with Gasteiger partial charge in [0.25, 0.3) is 0 Å². The average molecular weight is 223 g/mol. The maximum absolute atomic E-state index is 8.69. The van der Waals surface area contributed by atoms with Crippen molar-refractivity contribution in [3.63, 3.8) is 0 Å². The Morgan fingerprint density at radius 3 is 2.53 bits per heavy atom. The molecule has 1 atom stereocenters. The molecule has 0 saturated heterocycles. The molecule has 15 heavy (non-hydrogen) atoms. The van der Waals surface area contributed by atoms with Crippen LogP contribution in [-0.2, 0) is 6.54 Å². The summed E-state index contributed by atoms with van der Waals surface area (Å²) < 4.78 is 0. The Morgan fingerprint density at radius 2 is 2.00 bits per heavy atom. The summed E-state index contributed by atoms with van der Waals surface area (Å²) in [7, 11) is 2.02. The van der Waals surface area contributed by atoms with E-state index in [9.17, 15) is 0 Å². The normalized spacial score (nSPS) is 12.5. The molecule has 0 aliphatic heterocycles. The molecule has 0 fully saturated rings. The summed E-state index contributed by atoms with van der Waals surface area (Å²) in [5, 5.41) is 9.45. The van der Waals surface area contributed by atoms with E-state index in [1.54, 1.807) is 0 Å². The Bertz CT molecular complexity index is 340. The molecule has 0 N–H and O–H groups in total. The average Bonchev–Trinajstić information content (AvgIpc) is 2.21. The van der Waals surface area contributed by atoms with E-state index < -0.39 is 0 Å². The van der Waals surface area contributed by atoms with E-state index in [1.165, 1.54) is 5.56 Å². The van der Waals surface area contributed by atoms with Gasteiger partial charge in [-0.3, -0.25) is 0 Å². The second kappa shape index (κ2) is 5.75. The van der Waals surface area contributed by atoms with Crippen LogP contribution in [0.2, 0.25) is 5.02 Å². The van der Waals surface area contributed by atoms with Crippen LogP contribution in [0, 0.1) is 17.2 Å². The highest BCUT2D eigenvalue weighted by Crippen LogP contribution is 2.11. The SMILES string of the molecule is CC(C#N)CN(C)Cc1ccc(Cl)cc1. The molecule has 2 nitrogen and oxygen atoms in total. The maximum atomic E-state index is 8.69. The van der Waals surface area contributed by atoms with Crippen LogP contribution >= 0.6 is 11.6 Å². The first-order valence-electron chi connectivity index (χ1n) is 4.94. The second-order valence-corrected chi connectivity index (χ2v) is 4.29. The summed E-state index contributed by atoms with van der Waals surface area (Å²) >= 11 is 5.80. The number of rotatable bonds is 4. The number of nitriles is 1. The van der Waals surface area contributed by atoms with Crippen molar-refractivity contribution in [3.05, 3.63) is 34.9 Å². The molecule has 1 rings (SSSR count). The molecule has 0 aliphatic rings. The monoisotopic (exact) mass is 222 g/mol. The minimum absolute atomic E-state index is 0.0716. The third-order valence-corrected chi connectivity index (χ3v) is 2.42. The number of nitrogens with zero attached hydrogens (tertiary/aromatic N) is 2. The fourth-order valence-electron chi connectivity index (χ4n) is 1.47. The van der Waals surface area contributed by atoms with Crippen molar-refractivity contribution >= 4 is 11.6 Å². The summed E-state index contributed by atoms with van der Waals surface area (Å²) in [5.41, 5.74) is 1.21. The molecular formula is C12H15ClN2. The molecule has 1 unspecified atom stereocenters. The van der Waals surface area contributed by atoms with Gasteiger partial charge >= 0.3 is 0 Å². The fourth-order valence-corrected chi connectivity index (χ4v) is 1.60. The first-order chi connectivity index (χ1) is 7.11. The van der Waals surface area contributed by atoms with Crippen LogP contribution in [0.15, 0.2) is 24.3 Å².